The van der Waals surface area contributed by atoms with Crippen molar-refractivity contribution in [2.45, 2.75) is 33.2 Å². The van der Waals surface area contributed by atoms with Gasteiger partial charge in [0.1, 0.15) is 11.9 Å². The van der Waals surface area contributed by atoms with E-state index in [1.165, 1.54) is 4.57 Å². The van der Waals surface area contributed by atoms with E-state index in [-0.39, 0.29) is 11.5 Å². The van der Waals surface area contributed by atoms with Crippen LogP contribution < -0.4 is 5.56 Å². The maximum Gasteiger partial charge on any atom is 0.327 e. The SMILES string of the molecule is CCC(C)C(C(=O)O)n1c(C)nc2ccccc2c1=O. The molecule has 0 aliphatic carbocycles. The number of aromatic nitrogens is 2. The van der Waals surface area contributed by atoms with Crippen molar-refractivity contribution in [2.24, 2.45) is 5.92 Å². The van der Waals surface area contributed by atoms with Crippen LogP contribution in [-0.2, 0) is 4.79 Å². The van der Waals surface area contributed by atoms with E-state index < -0.39 is 12.0 Å². The summed E-state index contributed by atoms with van der Waals surface area (Å²) in [5.41, 5.74) is 0.306. The maximum absolute atomic E-state index is 12.6. The first kappa shape index (κ1) is 14.2. The number of hydrogen-bond donors (Lipinski definition) is 1. The molecule has 2 unspecified atom stereocenters. The second kappa shape index (κ2) is 5.45. The van der Waals surface area contributed by atoms with Gasteiger partial charge >= 0.3 is 5.97 Å². The fraction of sp³-hybridized carbons (Fsp3) is 0.400. The van der Waals surface area contributed by atoms with E-state index in [0.717, 1.165) is 0 Å². The first-order chi connectivity index (χ1) is 9.47. The molecule has 106 valence electrons. The Balaban J connectivity index is 2.75. The number of para-hydroxylation sites is 1. The first-order valence-corrected chi connectivity index (χ1v) is 6.68. The van der Waals surface area contributed by atoms with Crippen LogP contribution in [0.1, 0.15) is 32.1 Å². The van der Waals surface area contributed by atoms with Gasteiger partial charge in [-0.15, -0.1) is 0 Å². The Morgan fingerprint density at radius 2 is 2.05 bits per heavy atom. The van der Waals surface area contributed by atoms with Gasteiger partial charge in [0, 0.05) is 0 Å². The maximum atomic E-state index is 12.6. The summed E-state index contributed by atoms with van der Waals surface area (Å²) < 4.78 is 1.30. The van der Waals surface area contributed by atoms with Gasteiger partial charge in [-0.05, 0) is 25.0 Å². The summed E-state index contributed by atoms with van der Waals surface area (Å²) in [6.07, 6.45) is 0.676. The number of rotatable bonds is 4. The average Bonchev–Trinajstić information content (AvgIpc) is 2.42. The van der Waals surface area contributed by atoms with Crippen molar-refractivity contribution in [3.05, 3.63) is 40.4 Å². The lowest BCUT2D eigenvalue weighted by Gasteiger charge is -2.23. The Morgan fingerprint density at radius 3 is 2.65 bits per heavy atom. The van der Waals surface area contributed by atoms with Crippen molar-refractivity contribution in [1.29, 1.82) is 0 Å². The lowest BCUT2D eigenvalue weighted by molar-refractivity contribution is -0.142. The number of hydrogen-bond acceptors (Lipinski definition) is 3. The molecule has 2 rings (SSSR count). The highest BCUT2D eigenvalue weighted by Crippen LogP contribution is 2.22. The molecule has 1 heterocycles. The summed E-state index contributed by atoms with van der Waals surface area (Å²) in [4.78, 5) is 28.5. The van der Waals surface area contributed by atoms with Crippen LogP contribution in [0.5, 0.6) is 0 Å². The largest absolute Gasteiger partial charge is 0.480 e. The zero-order valence-corrected chi connectivity index (χ0v) is 11.8. The summed E-state index contributed by atoms with van der Waals surface area (Å²) in [6.45, 7) is 5.42. The van der Waals surface area contributed by atoms with Gasteiger partial charge in [-0.2, -0.15) is 0 Å². The van der Waals surface area contributed by atoms with Gasteiger partial charge in [-0.3, -0.25) is 9.36 Å². The van der Waals surface area contributed by atoms with Gasteiger partial charge in [-0.1, -0.05) is 32.4 Å². The van der Waals surface area contributed by atoms with E-state index in [4.69, 9.17) is 0 Å². The highest BCUT2D eigenvalue weighted by atomic mass is 16.4. The van der Waals surface area contributed by atoms with Crippen LogP contribution in [0.3, 0.4) is 0 Å². The number of carbonyl (C=O) groups is 1. The number of aliphatic carboxylic acids is 1. The van der Waals surface area contributed by atoms with Gasteiger partial charge in [0.05, 0.1) is 10.9 Å². The van der Waals surface area contributed by atoms with Gasteiger partial charge in [0.25, 0.3) is 5.56 Å². The van der Waals surface area contributed by atoms with Crippen LogP contribution in [0.15, 0.2) is 29.1 Å². The number of aryl methyl sites for hydroxylation is 1. The molecule has 0 bridgehead atoms. The molecule has 20 heavy (non-hydrogen) atoms. The first-order valence-electron chi connectivity index (χ1n) is 6.68. The quantitative estimate of drug-likeness (QED) is 0.929. The summed E-state index contributed by atoms with van der Waals surface area (Å²) in [7, 11) is 0. The number of fused-ring (bicyclic) bond motifs is 1. The van der Waals surface area contributed by atoms with Gasteiger partial charge in [0.15, 0.2) is 0 Å². The zero-order chi connectivity index (χ0) is 14.9. The van der Waals surface area contributed by atoms with Crippen molar-refractivity contribution >= 4 is 16.9 Å². The minimum Gasteiger partial charge on any atom is -0.480 e. The molecular weight excluding hydrogens is 256 g/mol. The predicted octanol–water partition coefficient (Wildman–Crippen LogP) is 2.38. The van der Waals surface area contributed by atoms with Crippen LogP contribution in [0.4, 0.5) is 0 Å². The third kappa shape index (κ3) is 2.31. The Labute approximate surface area is 116 Å². The Hall–Kier alpha value is -2.17. The van der Waals surface area contributed by atoms with Crippen molar-refractivity contribution in [1.82, 2.24) is 9.55 Å². The summed E-state index contributed by atoms with van der Waals surface area (Å²) >= 11 is 0. The van der Waals surface area contributed by atoms with E-state index in [1.807, 2.05) is 19.9 Å². The molecule has 0 spiro atoms. The lowest BCUT2D eigenvalue weighted by Crippen LogP contribution is -2.36. The number of benzene rings is 1. The Bertz CT molecular complexity index is 706. The van der Waals surface area contributed by atoms with Crippen molar-refractivity contribution in [2.75, 3.05) is 0 Å². The highest BCUT2D eigenvalue weighted by molar-refractivity contribution is 5.78. The van der Waals surface area contributed by atoms with Crippen molar-refractivity contribution in [3.8, 4) is 0 Å². The highest BCUT2D eigenvalue weighted by Gasteiger charge is 2.28. The van der Waals surface area contributed by atoms with Crippen LogP contribution in [-0.4, -0.2) is 20.6 Å². The van der Waals surface area contributed by atoms with Crippen molar-refractivity contribution in [3.63, 3.8) is 0 Å². The van der Waals surface area contributed by atoms with E-state index in [0.29, 0.717) is 23.1 Å². The van der Waals surface area contributed by atoms with Gasteiger partial charge in [-0.25, -0.2) is 9.78 Å². The molecule has 0 saturated heterocycles. The number of carboxylic acid groups (broad SMARTS) is 1. The molecule has 0 radical (unpaired) electrons. The van der Waals surface area contributed by atoms with Gasteiger partial charge in [0.2, 0.25) is 0 Å². The minimum atomic E-state index is -0.998. The normalized spacial score (nSPS) is 14.2. The minimum absolute atomic E-state index is 0.146. The second-order valence-electron chi connectivity index (χ2n) is 5.02. The summed E-state index contributed by atoms with van der Waals surface area (Å²) in [5.74, 6) is -0.713. The van der Waals surface area contributed by atoms with Gasteiger partial charge < -0.3 is 5.11 Å². The molecular formula is C15H18N2O3. The van der Waals surface area contributed by atoms with Crippen molar-refractivity contribution < 1.29 is 9.90 Å². The van der Waals surface area contributed by atoms with E-state index >= 15 is 0 Å². The molecule has 1 aromatic heterocycles. The summed E-state index contributed by atoms with van der Waals surface area (Å²) in [6, 6.07) is 6.11. The monoisotopic (exact) mass is 274 g/mol. The van der Waals surface area contributed by atoms with Crippen LogP contribution in [0.25, 0.3) is 10.9 Å². The fourth-order valence-corrected chi connectivity index (χ4v) is 2.42. The molecule has 0 fully saturated rings. The molecule has 0 saturated carbocycles. The second-order valence-corrected chi connectivity index (χ2v) is 5.02. The fourth-order valence-electron chi connectivity index (χ4n) is 2.42. The molecule has 0 amide bonds. The summed E-state index contributed by atoms with van der Waals surface area (Å²) in [5, 5.41) is 9.91. The lowest BCUT2D eigenvalue weighted by atomic mass is 9.98. The molecule has 2 atom stereocenters. The number of carboxylic acids is 1. The third-order valence-corrected chi connectivity index (χ3v) is 3.70. The van der Waals surface area contributed by atoms with E-state index in [1.54, 1.807) is 25.1 Å². The molecule has 1 N–H and O–H groups in total. The Morgan fingerprint density at radius 1 is 1.40 bits per heavy atom. The topological polar surface area (TPSA) is 72.2 Å². The zero-order valence-electron chi connectivity index (χ0n) is 11.8. The molecule has 0 aliphatic rings. The molecule has 2 aromatic rings. The van der Waals surface area contributed by atoms with Crippen LogP contribution >= 0.6 is 0 Å². The van der Waals surface area contributed by atoms with E-state index in [2.05, 4.69) is 4.98 Å². The molecule has 5 heteroatoms. The third-order valence-electron chi connectivity index (χ3n) is 3.70. The average molecular weight is 274 g/mol. The predicted molar refractivity (Wildman–Crippen MR) is 76.9 cm³/mol. The van der Waals surface area contributed by atoms with Crippen LogP contribution in [0.2, 0.25) is 0 Å². The standard InChI is InChI=1S/C15H18N2O3/c1-4-9(2)13(15(19)20)17-10(3)16-12-8-6-5-7-11(12)14(17)18/h5-9,13H,4H2,1-3H3,(H,19,20). The number of nitrogens with zero attached hydrogens (tertiary/aromatic N) is 2. The Kier molecular flexibility index (Phi) is 3.88. The van der Waals surface area contributed by atoms with Crippen LogP contribution in [0, 0.1) is 12.8 Å². The molecule has 1 aromatic carbocycles. The smallest absolute Gasteiger partial charge is 0.327 e. The van der Waals surface area contributed by atoms with E-state index in [9.17, 15) is 14.7 Å². The molecule has 5 nitrogen and oxygen atoms in total. The molecule has 0 aliphatic heterocycles.